The van der Waals surface area contributed by atoms with Gasteiger partial charge in [0.1, 0.15) is 30.6 Å². The second-order valence-corrected chi connectivity index (χ2v) is 15.4. The van der Waals surface area contributed by atoms with E-state index in [1.165, 1.54) is 76.0 Å². The van der Waals surface area contributed by atoms with E-state index in [-0.39, 0.29) is 45.1 Å². The number of amides is 1. The lowest BCUT2D eigenvalue weighted by atomic mass is 9.94. The van der Waals surface area contributed by atoms with Crippen LogP contribution >= 0.6 is 7.82 Å². The first-order valence-corrected chi connectivity index (χ1v) is 22.0. The lowest BCUT2D eigenvalue weighted by Crippen LogP contribution is -2.65. The summed E-state index contributed by atoms with van der Waals surface area (Å²) in [5.74, 6) is -0.807. The molecule has 312 valence electrons. The monoisotopic (exact) mass is 785 g/mol. The van der Waals surface area contributed by atoms with Gasteiger partial charge in [-0.25, -0.2) is 9.36 Å². The first kappa shape index (κ1) is 49.7. The molecule has 54 heavy (non-hydrogen) atoms. The highest BCUT2D eigenvalue weighted by atomic mass is 31.2. The molecular weight excluding hydrogens is 713 g/mol. The quantitative estimate of drug-likeness (QED) is 0.0215. The molecular formula is C41H72NO11P. The van der Waals surface area contributed by atoms with Crippen LogP contribution in [-0.4, -0.2) is 74.9 Å². The fraction of sp³-hybridized carbons (Fsp3) is 0.780. The van der Waals surface area contributed by atoms with Crippen molar-refractivity contribution in [3.05, 3.63) is 38.0 Å². The minimum Gasteiger partial charge on any atom is -0.430 e. The van der Waals surface area contributed by atoms with Gasteiger partial charge in [-0.2, -0.15) is 0 Å². The molecule has 1 aliphatic rings. The topological polar surface area (TPSA) is 145 Å². The van der Waals surface area contributed by atoms with Crippen molar-refractivity contribution in [1.29, 1.82) is 0 Å². The van der Waals surface area contributed by atoms with Gasteiger partial charge in [0.05, 0.1) is 19.6 Å². The van der Waals surface area contributed by atoms with Gasteiger partial charge in [-0.05, 0) is 19.3 Å². The van der Waals surface area contributed by atoms with Gasteiger partial charge in [0, 0.05) is 13.0 Å². The number of phosphoric ester groups is 1. The minimum absolute atomic E-state index is 0.0789. The predicted molar refractivity (Wildman–Crippen MR) is 212 cm³/mol. The van der Waals surface area contributed by atoms with Crippen LogP contribution < -0.4 is 5.32 Å². The maximum absolute atomic E-state index is 13.8. The third-order valence-corrected chi connectivity index (χ3v) is 10.5. The summed E-state index contributed by atoms with van der Waals surface area (Å²) in [5.41, 5.74) is 0. The van der Waals surface area contributed by atoms with Crippen molar-refractivity contribution >= 4 is 25.7 Å². The summed E-state index contributed by atoms with van der Waals surface area (Å²) in [6.45, 7) is 16.9. The zero-order valence-corrected chi connectivity index (χ0v) is 34.5. The van der Waals surface area contributed by atoms with E-state index in [1.54, 1.807) is 0 Å². The molecule has 1 amide bonds. The second kappa shape index (κ2) is 31.8. The van der Waals surface area contributed by atoms with Crippen molar-refractivity contribution in [2.75, 3.05) is 26.4 Å². The van der Waals surface area contributed by atoms with Gasteiger partial charge >= 0.3 is 14.0 Å². The summed E-state index contributed by atoms with van der Waals surface area (Å²) >= 11 is 0. The van der Waals surface area contributed by atoms with Crippen molar-refractivity contribution in [3.63, 3.8) is 0 Å². The van der Waals surface area contributed by atoms with E-state index in [0.29, 0.717) is 19.3 Å². The van der Waals surface area contributed by atoms with Gasteiger partial charge in [0.2, 0.25) is 5.91 Å². The van der Waals surface area contributed by atoms with Gasteiger partial charge in [-0.15, -0.1) is 13.2 Å². The molecule has 1 N–H and O–H groups in total. The summed E-state index contributed by atoms with van der Waals surface area (Å²) in [4.78, 5) is 39.2. The van der Waals surface area contributed by atoms with E-state index in [0.717, 1.165) is 38.5 Å². The molecule has 1 rings (SSSR count). The molecule has 0 bridgehead atoms. The SMILES string of the molecule is C=CCOC(=O)O[C@H]1[C@H](OCCCCCCCCCC)[C@@H](NC(=O)CC(=O)CCCCCCCCCCC)[C@@H](OP(=O)(OCC=C)OCC=C)O[C@@H]1CC. The lowest BCUT2D eigenvalue weighted by molar-refractivity contribution is -0.253. The Morgan fingerprint density at radius 1 is 0.704 bits per heavy atom. The predicted octanol–water partition coefficient (Wildman–Crippen LogP) is 10.2. The molecule has 0 aromatic carbocycles. The van der Waals surface area contributed by atoms with Crippen LogP contribution in [0.3, 0.4) is 0 Å². The lowest BCUT2D eigenvalue weighted by Gasteiger charge is -2.45. The van der Waals surface area contributed by atoms with Crippen molar-refractivity contribution in [1.82, 2.24) is 5.32 Å². The highest BCUT2D eigenvalue weighted by molar-refractivity contribution is 7.48. The van der Waals surface area contributed by atoms with Gasteiger partial charge in [-0.3, -0.25) is 23.2 Å². The highest BCUT2D eigenvalue weighted by Crippen LogP contribution is 2.52. The van der Waals surface area contributed by atoms with E-state index in [4.69, 9.17) is 32.5 Å². The zero-order chi connectivity index (χ0) is 39.9. The number of hydrogen-bond acceptors (Lipinski definition) is 11. The molecule has 0 aromatic rings. The summed E-state index contributed by atoms with van der Waals surface area (Å²) in [5, 5.41) is 2.84. The van der Waals surface area contributed by atoms with Gasteiger partial charge in [0.15, 0.2) is 12.4 Å². The molecule has 1 saturated heterocycles. The molecule has 1 heterocycles. The number of nitrogens with one attached hydrogen (secondary N) is 1. The first-order valence-electron chi connectivity index (χ1n) is 20.5. The van der Waals surface area contributed by atoms with Crippen LogP contribution in [0.15, 0.2) is 38.0 Å². The van der Waals surface area contributed by atoms with Gasteiger partial charge in [0.25, 0.3) is 0 Å². The number of phosphoric acid groups is 1. The summed E-state index contributed by atoms with van der Waals surface area (Å²) in [6, 6.07) is -1.19. The molecule has 0 aromatic heterocycles. The maximum Gasteiger partial charge on any atom is 0.509 e. The number of carbonyl (C=O) groups excluding carboxylic acids is 3. The number of hydrogen-bond donors (Lipinski definition) is 1. The number of Topliss-reactive ketones (excluding diaryl/α,β-unsaturated/α-hetero) is 1. The molecule has 13 heteroatoms. The van der Waals surface area contributed by atoms with Crippen LogP contribution in [0.4, 0.5) is 4.79 Å². The van der Waals surface area contributed by atoms with Crippen LogP contribution in [0.2, 0.25) is 0 Å². The number of carbonyl (C=O) groups is 3. The molecule has 0 saturated carbocycles. The molecule has 0 spiro atoms. The summed E-state index contributed by atoms with van der Waals surface area (Å²) in [7, 11) is -4.32. The number of ether oxygens (including phenoxy) is 4. The molecule has 12 nitrogen and oxygen atoms in total. The second-order valence-electron chi connectivity index (χ2n) is 13.8. The average molecular weight is 786 g/mol. The molecule has 0 unspecified atom stereocenters. The number of ketones is 1. The van der Waals surface area contributed by atoms with E-state index in [2.05, 4.69) is 38.9 Å². The van der Waals surface area contributed by atoms with Crippen LogP contribution in [0, 0.1) is 0 Å². The summed E-state index contributed by atoms with van der Waals surface area (Å²) in [6.07, 6.45) is 17.7. The Morgan fingerprint density at radius 3 is 1.74 bits per heavy atom. The average Bonchev–Trinajstić information content (AvgIpc) is 3.15. The van der Waals surface area contributed by atoms with Crippen LogP contribution in [-0.2, 0) is 46.7 Å². The molecule has 0 radical (unpaired) electrons. The molecule has 1 aliphatic heterocycles. The Morgan fingerprint density at radius 2 is 1.22 bits per heavy atom. The Bertz CT molecular complexity index is 1090. The maximum atomic E-state index is 13.8. The fourth-order valence-electron chi connectivity index (χ4n) is 6.19. The smallest absolute Gasteiger partial charge is 0.430 e. The van der Waals surface area contributed by atoms with E-state index in [9.17, 15) is 18.9 Å². The Kier molecular flexibility index (Phi) is 29.3. The van der Waals surface area contributed by atoms with Crippen molar-refractivity contribution in [3.8, 4) is 0 Å². The summed E-state index contributed by atoms with van der Waals surface area (Å²) < 4.78 is 54.2. The normalized spacial score (nSPS) is 19.9. The fourth-order valence-corrected chi connectivity index (χ4v) is 7.40. The highest BCUT2D eigenvalue weighted by Gasteiger charge is 2.52. The zero-order valence-electron chi connectivity index (χ0n) is 33.6. The van der Waals surface area contributed by atoms with Gasteiger partial charge in [-0.1, -0.05) is 142 Å². The minimum atomic E-state index is -4.32. The van der Waals surface area contributed by atoms with Gasteiger partial charge < -0.3 is 24.3 Å². The van der Waals surface area contributed by atoms with Crippen LogP contribution in [0.25, 0.3) is 0 Å². The molecule has 5 atom stereocenters. The Balaban J connectivity index is 3.22. The van der Waals surface area contributed by atoms with Crippen molar-refractivity contribution in [2.45, 2.75) is 180 Å². The Hall–Kier alpha value is -2.34. The third kappa shape index (κ3) is 22.3. The number of rotatable bonds is 35. The standard InChI is InChI=1S/C41H72NO11P/c1-7-13-15-17-19-21-22-24-26-28-34(43)33-36(44)42-37-39(47-32-27-25-23-20-18-16-14-8-2)38(52-41(45)48-29-9-3)35(12-6)51-40(37)53-54(46,49-30-10-4)50-31-11-5/h9-11,35,37-40H,3-5,7-8,12-33H2,1-2,6H3,(H,42,44)/t35-,37-,38-,39-,40-/m1/s1. The van der Waals surface area contributed by atoms with E-state index in [1.807, 2.05) is 6.92 Å². The van der Waals surface area contributed by atoms with Crippen LogP contribution in [0.5, 0.6) is 0 Å². The van der Waals surface area contributed by atoms with E-state index < -0.39 is 50.5 Å². The van der Waals surface area contributed by atoms with Crippen molar-refractivity contribution in [2.24, 2.45) is 0 Å². The third-order valence-electron chi connectivity index (χ3n) is 9.09. The Labute approximate surface area is 326 Å². The first-order chi connectivity index (χ1) is 26.2. The molecule has 1 fully saturated rings. The number of unbranched alkanes of at least 4 members (excludes halogenated alkanes) is 15. The molecule has 0 aliphatic carbocycles. The van der Waals surface area contributed by atoms with Crippen molar-refractivity contribution < 1.29 is 51.5 Å². The van der Waals surface area contributed by atoms with Crippen LogP contribution in [0.1, 0.15) is 149 Å². The van der Waals surface area contributed by atoms with E-state index >= 15 is 0 Å². The largest absolute Gasteiger partial charge is 0.509 e.